The lowest BCUT2D eigenvalue weighted by Crippen LogP contribution is -2.38. The van der Waals surface area contributed by atoms with Crippen LogP contribution in [-0.2, 0) is 13.5 Å². The molecular formula is C29H34ClF2N2+. The predicted molar refractivity (Wildman–Crippen MR) is 137 cm³/mol. The van der Waals surface area contributed by atoms with Crippen molar-refractivity contribution >= 4 is 11.6 Å². The fourth-order valence-electron chi connectivity index (χ4n) is 4.52. The molecule has 34 heavy (non-hydrogen) atoms. The molecule has 1 atom stereocenters. The summed E-state index contributed by atoms with van der Waals surface area (Å²) < 4.78 is 31.4. The summed E-state index contributed by atoms with van der Waals surface area (Å²) in [6.07, 6.45) is 14.7. The Morgan fingerprint density at radius 3 is 2.62 bits per heavy atom. The summed E-state index contributed by atoms with van der Waals surface area (Å²) in [6, 6.07) is 4.36. The maximum absolute atomic E-state index is 14.8. The Labute approximate surface area is 207 Å². The molecule has 1 N–H and O–H groups in total. The van der Waals surface area contributed by atoms with Crippen LogP contribution in [0.25, 0.3) is 11.1 Å². The molecule has 1 aromatic heterocycles. The van der Waals surface area contributed by atoms with Gasteiger partial charge in [-0.1, -0.05) is 62.2 Å². The largest absolute Gasteiger partial charge is 0.362 e. The molecule has 3 rings (SSSR count). The van der Waals surface area contributed by atoms with Gasteiger partial charge in [0.1, 0.15) is 12.9 Å². The van der Waals surface area contributed by atoms with Crippen molar-refractivity contribution in [1.82, 2.24) is 5.32 Å². The second-order valence-corrected chi connectivity index (χ2v) is 9.32. The molecule has 5 heteroatoms. The van der Waals surface area contributed by atoms with Gasteiger partial charge in [-0.2, -0.15) is 0 Å². The average Bonchev–Trinajstić information content (AvgIpc) is 2.78. The first kappa shape index (κ1) is 25.9. The van der Waals surface area contributed by atoms with Crippen LogP contribution in [0.3, 0.4) is 0 Å². The number of nitrogens with one attached hydrogen (secondary N) is 1. The Morgan fingerprint density at radius 2 is 1.91 bits per heavy atom. The molecule has 1 heterocycles. The fourth-order valence-corrected chi connectivity index (χ4v) is 4.68. The molecule has 0 aliphatic heterocycles. The summed E-state index contributed by atoms with van der Waals surface area (Å²) in [5.74, 6) is -1.32. The molecule has 2 nitrogen and oxygen atoms in total. The summed E-state index contributed by atoms with van der Waals surface area (Å²) in [7, 11) is 1.93. The van der Waals surface area contributed by atoms with Crippen molar-refractivity contribution in [2.75, 3.05) is 0 Å². The Balaban J connectivity index is 2.03. The first-order valence-electron chi connectivity index (χ1n) is 11.9. The van der Waals surface area contributed by atoms with Crippen molar-refractivity contribution in [1.29, 1.82) is 0 Å². The molecular weight excluding hydrogens is 450 g/mol. The van der Waals surface area contributed by atoms with E-state index in [1.54, 1.807) is 6.20 Å². The van der Waals surface area contributed by atoms with Gasteiger partial charge < -0.3 is 5.32 Å². The van der Waals surface area contributed by atoms with E-state index in [9.17, 15) is 8.78 Å². The van der Waals surface area contributed by atoms with Crippen LogP contribution in [0.4, 0.5) is 8.78 Å². The summed E-state index contributed by atoms with van der Waals surface area (Å²) in [6.45, 7) is 10.7. The molecule has 0 spiro atoms. The van der Waals surface area contributed by atoms with E-state index in [1.165, 1.54) is 17.7 Å². The zero-order chi connectivity index (χ0) is 24.8. The third kappa shape index (κ3) is 5.85. The highest BCUT2D eigenvalue weighted by atomic mass is 35.5. The highest BCUT2D eigenvalue weighted by Crippen LogP contribution is 2.34. The van der Waals surface area contributed by atoms with E-state index in [0.717, 1.165) is 54.8 Å². The van der Waals surface area contributed by atoms with Crippen LogP contribution in [0.5, 0.6) is 0 Å². The second kappa shape index (κ2) is 11.6. The summed E-state index contributed by atoms with van der Waals surface area (Å²) in [4.78, 5) is 0. The fraction of sp³-hybridized carbons (Fsp3) is 0.345. The molecule has 0 saturated heterocycles. The van der Waals surface area contributed by atoms with Crippen LogP contribution in [-0.4, -0.2) is 0 Å². The Bertz CT molecular complexity index is 1160. The van der Waals surface area contributed by atoms with Crippen molar-refractivity contribution in [3.63, 3.8) is 0 Å². The molecule has 0 saturated carbocycles. The van der Waals surface area contributed by atoms with Gasteiger partial charge >= 0.3 is 0 Å². The van der Waals surface area contributed by atoms with Gasteiger partial charge in [0.15, 0.2) is 17.7 Å². The third-order valence-electron chi connectivity index (χ3n) is 6.22. The number of pyridine rings is 1. The predicted octanol–water partition coefficient (Wildman–Crippen LogP) is 7.84. The van der Waals surface area contributed by atoms with Crippen molar-refractivity contribution < 1.29 is 13.3 Å². The molecule has 0 bridgehead atoms. The SMILES string of the molecule is C=C(N/C1=C/C=C(/C)C/C=C\C1)C(CC)c1c(CCC)cc(-c2c(F)ccc(Cl)c2F)c[n+]1C. The number of nitrogens with zero attached hydrogens (tertiary/aromatic N) is 1. The van der Waals surface area contributed by atoms with Crippen molar-refractivity contribution in [2.24, 2.45) is 7.05 Å². The van der Waals surface area contributed by atoms with E-state index in [4.69, 9.17) is 11.6 Å². The molecule has 2 aromatic rings. The van der Waals surface area contributed by atoms with E-state index >= 15 is 0 Å². The van der Waals surface area contributed by atoms with E-state index in [-0.39, 0.29) is 16.5 Å². The number of hydrogen-bond donors (Lipinski definition) is 1. The zero-order valence-corrected chi connectivity index (χ0v) is 21.3. The Hall–Kier alpha value is -2.72. The maximum Gasteiger partial charge on any atom is 0.193 e. The molecule has 0 amide bonds. The summed E-state index contributed by atoms with van der Waals surface area (Å²) >= 11 is 5.96. The van der Waals surface area contributed by atoms with Gasteiger partial charge in [0.2, 0.25) is 0 Å². The number of hydrogen-bond acceptors (Lipinski definition) is 1. The van der Waals surface area contributed by atoms with Gasteiger partial charge in [-0.25, -0.2) is 13.3 Å². The molecule has 1 aliphatic carbocycles. The number of benzene rings is 1. The third-order valence-corrected chi connectivity index (χ3v) is 6.51. The van der Waals surface area contributed by atoms with Crippen LogP contribution in [0.1, 0.15) is 63.6 Å². The number of aryl methyl sites for hydroxylation is 2. The molecule has 1 aromatic carbocycles. The first-order chi connectivity index (χ1) is 16.3. The molecule has 1 unspecified atom stereocenters. The van der Waals surface area contributed by atoms with Gasteiger partial charge in [0.25, 0.3) is 0 Å². The summed E-state index contributed by atoms with van der Waals surface area (Å²) in [5, 5.41) is 3.46. The minimum atomic E-state index is -0.734. The van der Waals surface area contributed by atoms with Crippen molar-refractivity contribution in [3.8, 4) is 11.1 Å². The molecule has 1 aliphatic rings. The normalized spacial score (nSPS) is 18.7. The number of halogens is 3. The van der Waals surface area contributed by atoms with Gasteiger partial charge in [0, 0.05) is 23.4 Å². The lowest BCUT2D eigenvalue weighted by Gasteiger charge is -2.22. The smallest absolute Gasteiger partial charge is 0.193 e. The molecule has 0 radical (unpaired) electrons. The lowest BCUT2D eigenvalue weighted by molar-refractivity contribution is -0.680. The van der Waals surface area contributed by atoms with Crippen molar-refractivity contribution in [3.05, 3.63) is 100 Å². The maximum atomic E-state index is 14.8. The monoisotopic (exact) mass is 483 g/mol. The van der Waals surface area contributed by atoms with Crippen LogP contribution in [0, 0.1) is 11.6 Å². The average molecular weight is 484 g/mol. The van der Waals surface area contributed by atoms with Gasteiger partial charge in [0.05, 0.1) is 22.1 Å². The van der Waals surface area contributed by atoms with E-state index in [2.05, 4.69) is 57.0 Å². The van der Waals surface area contributed by atoms with Gasteiger partial charge in [-0.15, -0.1) is 0 Å². The molecule has 0 fully saturated rings. The van der Waals surface area contributed by atoms with Gasteiger partial charge in [-0.3, -0.25) is 0 Å². The number of allylic oxidation sites excluding steroid dienone is 6. The minimum absolute atomic E-state index is 0.0371. The summed E-state index contributed by atoms with van der Waals surface area (Å²) in [5.41, 5.74) is 5.86. The van der Waals surface area contributed by atoms with Crippen molar-refractivity contribution in [2.45, 2.75) is 58.8 Å². The number of rotatable bonds is 8. The highest BCUT2D eigenvalue weighted by molar-refractivity contribution is 6.31. The second-order valence-electron chi connectivity index (χ2n) is 8.91. The number of aromatic nitrogens is 1. The zero-order valence-electron chi connectivity index (χ0n) is 20.5. The van der Waals surface area contributed by atoms with Crippen LogP contribution in [0.15, 0.2) is 72.2 Å². The van der Waals surface area contributed by atoms with E-state index < -0.39 is 11.6 Å². The first-order valence-corrected chi connectivity index (χ1v) is 12.3. The van der Waals surface area contributed by atoms with Crippen LogP contribution >= 0.6 is 11.6 Å². The van der Waals surface area contributed by atoms with Crippen LogP contribution in [0.2, 0.25) is 5.02 Å². The Kier molecular flexibility index (Phi) is 8.84. The van der Waals surface area contributed by atoms with E-state index in [1.807, 2.05) is 17.7 Å². The topological polar surface area (TPSA) is 15.9 Å². The van der Waals surface area contributed by atoms with Gasteiger partial charge in [-0.05, 0) is 50.5 Å². The van der Waals surface area contributed by atoms with Crippen LogP contribution < -0.4 is 9.88 Å². The lowest BCUT2D eigenvalue weighted by atomic mass is 9.90. The highest BCUT2D eigenvalue weighted by Gasteiger charge is 2.28. The standard InChI is InChI=1S/C29H34ClF2N2/c1-6-10-21-17-22(27-26(31)16-15-25(30)28(27)32)18-34(5)29(21)24(7-2)20(4)33-23-12-9-8-11-19(3)13-14-23/h8-9,13-18,24,33H,4,6-7,10-12H2,1-3,5H3/q+1/b9-8-,19-13-,23-14+. The molecule has 180 valence electrons. The van der Waals surface area contributed by atoms with E-state index in [0.29, 0.717) is 5.56 Å². The Morgan fingerprint density at radius 1 is 1.18 bits per heavy atom. The minimum Gasteiger partial charge on any atom is -0.362 e. The quantitative estimate of drug-likeness (QED) is 0.230.